The molecule has 3 aromatic rings. The van der Waals surface area contributed by atoms with Crippen LogP contribution in [0.15, 0.2) is 91.0 Å². The lowest BCUT2D eigenvalue weighted by molar-refractivity contribution is 1.49. The van der Waals surface area contributed by atoms with E-state index in [1.165, 1.54) is 0 Å². The molecule has 3 nitrogen and oxygen atoms in total. The molecule has 0 saturated carbocycles. The molecule has 0 radical (unpaired) electrons. The topological polar surface area (TPSA) is 36.1 Å². The number of hydrogen-bond acceptors (Lipinski definition) is 3. The van der Waals surface area contributed by atoms with Crippen LogP contribution < -0.4 is 14.9 Å². The Morgan fingerprint density at radius 1 is 0.478 bits per heavy atom. The van der Waals surface area contributed by atoms with Crippen molar-refractivity contribution in [2.75, 3.05) is 14.9 Å². The van der Waals surface area contributed by atoms with Crippen LogP contribution in [0.3, 0.4) is 0 Å². The molecule has 0 aliphatic rings. The predicted molar refractivity (Wildman–Crippen MR) is 102 cm³/mol. The van der Waals surface area contributed by atoms with Crippen molar-refractivity contribution in [1.82, 2.24) is 0 Å². The third-order valence-electron chi connectivity index (χ3n) is 3.50. The first-order valence-electron chi connectivity index (χ1n) is 7.73. The number of anilines is 3. The normalized spacial score (nSPS) is 10.8. The molecule has 0 bridgehead atoms. The SMILES string of the molecule is C[Si](Nc1ccccc1)(Nc1ccccc1)Nc1ccccc1. The minimum Gasteiger partial charge on any atom is -0.378 e. The number of benzene rings is 3. The van der Waals surface area contributed by atoms with Crippen molar-refractivity contribution in [3.05, 3.63) is 91.0 Å². The standard InChI is InChI=1S/C19H21N3Si/c1-23(20-17-11-5-2-6-12-17,21-18-13-7-3-8-14-18)22-19-15-9-4-10-16-19/h2-16,20-22H,1H3. The minimum absolute atomic E-state index is 1.11. The summed E-state index contributed by atoms with van der Waals surface area (Å²) in [6, 6.07) is 30.9. The summed E-state index contributed by atoms with van der Waals surface area (Å²) in [5.74, 6) is 0. The van der Waals surface area contributed by atoms with Gasteiger partial charge in [0.1, 0.15) is 0 Å². The zero-order valence-corrected chi connectivity index (χ0v) is 14.2. The molecule has 0 spiro atoms. The molecule has 0 unspecified atom stereocenters. The maximum Gasteiger partial charge on any atom is 0.368 e. The lowest BCUT2D eigenvalue weighted by atomic mass is 10.3. The van der Waals surface area contributed by atoms with Gasteiger partial charge >= 0.3 is 8.56 Å². The molecule has 0 amide bonds. The van der Waals surface area contributed by atoms with Gasteiger partial charge in [0.15, 0.2) is 0 Å². The summed E-state index contributed by atoms with van der Waals surface area (Å²) in [5, 5.41) is 0. The molecule has 3 N–H and O–H groups in total. The number of nitrogens with one attached hydrogen (secondary N) is 3. The fraction of sp³-hybridized carbons (Fsp3) is 0.0526. The van der Waals surface area contributed by atoms with Gasteiger partial charge in [0.25, 0.3) is 0 Å². The van der Waals surface area contributed by atoms with Gasteiger partial charge < -0.3 is 14.9 Å². The van der Waals surface area contributed by atoms with E-state index in [0.717, 1.165) is 17.1 Å². The van der Waals surface area contributed by atoms with E-state index in [2.05, 4.69) is 57.9 Å². The van der Waals surface area contributed by atoms with Crippen molar-refractivity contribution in [2.24, 2.45) is 0 Å². The Labute approximate surface area is 138 Å². The first kappa shape index (κ1) is 15.2. The van der Waals surface area contributed by atoms with Crippen molar-refractivity contribution >= 4 is 25.6 Å². The Morgan fingerprint density at radius 3 is 1.00 bits per heavy atom. The maximum absolute atomic E-state index is 3.67. The molecule has 116 valence electrons. The largest absolute Gasteiger partial charge is 0.378 e. The highest BCUT2D eigenvalue weighted by molar-refractivity contribution is 6.87. The maximum atomic E-state index is 3.67. The van der Waals surface area contributed by atoms with Gasteiger partial charge in [0.05, 0.1) is 0 Å². The second-order valence-corrected chi connectivity index (χ2v) is 8.60. The molecule has 3 aromatic carbocycles. The van der Waals surface area contributed by atoms with Crippen LogP contribution >= 0.6 is 0 Å². The summed E-state index contributed by atoms with van der Waals surface area (Å²) in [6.45, 7) is 2.22. The zero-order chi connectivity index (χ0) is 16.0. The van der Waals surface area contributed by atoms with Crippen LogP contribution in [-0.4, -0.2) is 8.56 Å². The summed E-state index contributed by atoms with van der Waals surface area (Å²) in [4.78, 5) is 11.0. The highest BCUT2D eigenvalue weighted by atomic mass is 28.4. The lowest BCUT2D eigenvalue weighted by Crippen LogP contribution is -2.56. The van der Waals surface area contributed by atoms with Crippen molar-refractivity contribution in [3.63, 3.8) is 0 Å². The molecule has 0 fully saturated rings. The van der Waals surface area contributed by atoms with E-state index in [0.29, 0.717) is 0 Å². The fourth-order valence-electron chi connectivity index (χ4n) is 2.52. The number of hydrogen-bond donors (Lipinski definition) is 3. The van der Waals surface area contributed by atoms with Crippen LogP contribution in [0.1, 0.15) is 0 Å². The third-order valence-corrected chi connectivity index (χ3v) is 5.87. The minimum atomic E-state index is -2.22. The van der Waals surface area contributed by atoms with Gasteiger partial charge in [-0.05, 0) is 42.9 Å². The first-order chi connectivity index (χ1) is 11.2. The van der Waals surface area contributed by atoms with Crippen molar-refractivity contribution < 1.29 is 0 Å². The average Bonchev–Trinajstić information content (AvgIpc) is 2.57. The smallest absolute Gasteiger partial charge is 0.368 e. The molecule has 0 heterocycles. The van der Waals surface area contributed by atoms with E-state index in [4.69, 9.17) is 0 Å². The highest BCUT2D eigenvalue weighted by Crippen LogP contribution is 2.18. The molecule has 0 aromatic heterocycles. The Balaban J connectivity index is 1.85. The van der Waals surface area contributed by atoms with Crippen LogP contribution in [0.5, 0.6) is 0 Å². The second-order valence-electron chi connectivity index (χ2n) is 5.60. The predicted octanol–water partition coefficient (Wildman–Crippen LogP) is 4.89. The van der Waals surface area contributed by atoms with Crippen molar-refractivity contribution in [3.8, 4) is 0 Å². The van der Waals surface area contributed by atoms with Gasteiger partial charge in [0.2, 0.25) is 0 Å². The molecule has 0 atom stereocenters. The zero-order valence-electron chi connectivity index (χ0n) is 13.2. The molecule has 0 saturated heterocycles. The van der Waals surface area contributed by atoms with Gasteiger partial charge in [-0.15, -0.1) is 0 Å². The molecule has 0 aliphatic carbocycles. The van der Waals surface area contributed by atoms with Crippen molar-refractivity contribution in [2.45, 2.75) is 6.55 Å². The number of rotatable bonds is 6. The molecule has 23 heavy (non-hydrogen) atoms. The molecular weight excluding hydrogens is 298 g/mol. The molecule has 3 rings (SSSR count). The van der Waals surface area contributed by atoms with E-state index in [1.54, 1.807) is 0 Å². The summed E-state index contributed by atoms with van der Waals surface area (Å²) in [5.41, 5.74) is 3.32. The van der Waals surface area contributed by atoms with Gasteiger partial charge in [-0.1, -0.05) is 54.6 Å². The van der Waals surface area contributed by atoms with Crippen LogP contribution in [0.2, 0.25) is 6.55 Å². The van der Waals surface area contributed by atoms with E-state index in [1.807, 2.05) is 54.6 Å². The third kappa shape index (κ3) is 4.37. The monoisotopic (exact) mass is 319 g/mol. The van der Waals surface area contributed by atoms with Gasteiger partial charge in [-0.25, -0.2) is 0 Å². The Bertz CT molecular complexity index is 616. The Kier molecular flexibility index (Phi) is 4.64. The summed E-state index contributed by atoms with van der Waals surface area (Å²) in [7, 11) is -2.22. The summed E-state index contributed by atoms with van der Waals surface area (Å²) < 4.78 is 0. The van der Waals surface area contributed by atoms with Gasteiger partial charge in [0, 0.05) is 17.1 Å². The molecular formula is C19H21N3Si. The van der Waals surface area contributed by atoms with E-state index < -0.39 is 8.56 Å². The second kappa shape index (κ2) is 7.02. The van der Waals surface area contributed by atoms with Crippen LogP contribution in [0, 0.1) is 0 Å². The number of para-hydroxylation sites is 3. The highest BCUT2D eigenvalue weighted by Gasteiger charge is 2.29. The van der Waals surface area contributed by atoms with Crippen LogP contribution in [-0.2, 0) is 0 Å². The van der Waals surface area contributed by atoms with Gasteiger partial charge in [-0.3, -0.25) is 0 Å². The van der Waals surface area contributed by atoms with E-state index in [9.17, 15) is 0 Å². The average molecular weight is 319 g/mol. The first-order valence-corrected chi connectivity index (χ1v) is 10.2. The lowest BCUT2D eigenvalue weighted by Gasteiger charge is -2.32. The summed E-state index contributed by atoms with van der Waals surface area (Å²) in [6.07, 6.45) is 0. The van der Waals surface area contributed by atoms with Gasteiger partial charge in [-0.2, -0.15) is 0 Å². The molecule has 4 heteroatoms. The Morgan fingerprint density at radius 2 is 0.739 bits per heavy atom. The van der Waals surface area contributed by atoms with Crippen molar-refractivity contribution in [1.29, 1.82) is 0 Å². The summed E-state index contributed by atoms with van der Waals surface area (Å²) >= 11 is 0. The van der Waals surface area contributed by atoms with Crippen LogP contribution in [0.4, 0.5) is 17.1 Å². The molecule has 0 aliphatic heterocycles. The van der Waals surface area contributed by atoms with E-state index >= 15 is 0 Å². The fourth-order valence-corrected chi connectivity index (χ4v) is 4.94. The van der Waals surface area contributed by atoms with E-state index in [-0.39, 0.29) is 0 Å². The quantitative estimate of drug-likeness (QED) is 0.566. The Hall–Kier alpha value is -2.72. The van der Waals surface area contributed by atoms with Crippen LogP contribution in [0.25, 0.3) is 0 Å².